The molecule has 1 aliphatic rings. The van der Waals surface area contributed by atoms with Crippen molar-refractivity contribution in [1.82, 2.24) is 10.6 Å². The zero-order valence-electron chi connectivity index (χ0n) is 10.3. The molecule has 0 spiro atoms. The fraction of sp³-hybridized carbons (Fsp3) is 0.769. The number of hydrogen-bond acceptors (Lipinski definition) is 2. The Morgan fingerprint density at radius 2 is 2.38 bits per heavy atom. The molecule has 92 valence electrons. The third-order valence-electron chi connectivity index (χ3n) is 3.00. The molecule has 1 heterocycles. The molecule has 1 unspecified atom stereocenters. The first kappa shape index (κ1) is 13.2. The van der Waals surface area contributed by atoms with Crippen LogP contribution in [0.4, 0.5) is 0 Å². The molecule has 1 aliphatic heterocycles. The van der Waals surface area contributed by atoms with Crippen molar-refractivity contribution in [2.24, 2.45) is 0 Å². The molecule has 1 amide bonds. The highest BCUT2D eigenvalue weighted by atomic mass is 16.1. The predicted molar refractivity (Wildman–Crippen MR) is 67.3 cm³/mol. The summed E-state index contributed by atoms with van der Waals surface area (Å²) in [4.78, 5) is 11.5. The topological polar surface area (TPSA) is 41.1 Å². The lowest BCUT2D eigenvalue weighted by molar-refractivity contribution is -0.121. The smallest absolute Gasteiger partial charge is 0.220 e. The van der Waals surface area contributed by atoms with Crippen LogP contribution in [0.25, 0.3) is 0 Å². The van der Waals surface area contributed by atoms with E-state index < -0.39 is 0 Å². The number of amides is 1. The van der Waals surface area contributed by atoms with E-state index in [4.69, 9.17) is 0 Å². The Kier molecular flexibility index (Phi) is 6.90. The van der Waals surface area contributed by atoms with Gasteiger partial charge in [-0.25, -0.2) is 0 Å². The van der Waals surface area contributed by atoms with Crippen LogP contribution in [0.1, 0.15) is 45.4 Å². The molecule has 0 saturated carbocycles. The maximum Gasteiger partial charge on any atom is 0.220 e. The first-order chi connectivity index (χ1) is 7.83. The van der Waals surface area contributed by atoms with Crippen molar-refractivity contribution in [3.8, 4) is 0 Å². The lowest BCUT2D eigenvalue weighted by Gasteiger charge is -2.22. The van der Waals surface area contributed by atoms with E-state index in [1.165, 1.54) is 19.3 Å². The van der Waals surface area contributed by atoms with Crippen LogP contribution in [0.5, 0.6) is 0 Å². The van der Waals surface area contributed by atoms with Crippen molar-refractivity contribution in [1.29, 1.82) is 0 Å². The lowest BCUT2D eigenvalue weighted by Crippen LogP contribution is -2.35. The van der Waals surface area contributed by atoms with Crippen LogP contribution in [-0.4, -0.2) is 25.0 Å². The van der Waals surface area contributed by atoms with Gasteiger partial charge < -0.3 is 10.6 Å². The summed E-state index contributed by atoms with van der Waals surface area (Å²) in [6.45, 7) is 3.88. The average Bonchev–Trinajstić information content (AvgIpc) is 2.33. The number of nitrogens with one attached hydrogen (secondary N) is 2. The Bertz CT molecular complexity index is 220. The summed E-state index contributed by atoms with van der Waals surface area (Å²) >= 11 is 0. The fourth-order valence-electron chi connectivity index (χ4n) is 2.03. The fourth-order valence-corrected chi connectivity index (χ4v) is 2.03. The molecule has 0 aromatic rings. The highest BCUT2D eigenvalue weighted by Crippen LogP contribution is 2.11. The Labute approximate surface area is 98.7 Å². The molecular weight excluding hydrogens is 200 g/mol. The number of carbonyl (C=O) groups excluding carboxylic acids is 1. The molecule has 1 fully saturated rings. The second-order valence-corrected chi connectivity index (χ2v) is 4.39. The van der Waals surface area contributed by atoms with Gasteiger partial charge in [0.25, 0.3) is 0 Å². The maximum atomic E-state index is 11.5. The monoisotopic (exact) mass is 224 g/mol. The number of rotatable bonds is 6. The van der Waals surface area contributed by atoms with Crippen LogP contribution in [0.3, 0.4) is 0 Å². The van der Waals surface area contributed by atoms with Crippen molar-refractivity contribution < 1.29 is 4.79 Å². The Balaban J connectivity index is 2.00. The quantitative estimate of drug-likeness (QED) is 0.535. The van der Waals surface area contributed by atoms with E-state index in [9.17, 15) is 4.79 Å². The molecule has 1 rings (SSSR count). The standard InChI is InChI=1S/C13H24N2O/c1-2-3-5-11-15-13(16)9-8-12-7-4-6-10-14-12/h2-3,12,14H,4-11H2,1H3,(H,15,16)/b3-2+. The van der Waals surface area contributed by atoms with Crippen LogP contribution < -0.4 is 10.6 Å². The molecule has 3 nitrogen and oxygen atoms in total. The number of piperidine rings is 1. The summed E-state index contributed by atoms with van der Waals surface area (Å²) in [5.41, 5.74) is 0. The van der Waals surface area contributed by atoms with Gasteiger partial charge in [-0.1, -0.05) is 18.6 Å². The van der Waals surface area contributed by atoms with Gasteiger partial charge in [0, 0.05) is 19.0 Å². The first-order valence-corrected chi connectivity index (χ1v) is 6.44. The molecule has 0 bridgehead atoms. The summed E-state index contributed by atoms with van der Waals surface area (Å²) < 4.78 is 0. The molecular formula is C13H24N2O. The van der Waals surface area contributed by atoms with E-state index in [1.807, 2.05) is 13.0 Å². The lowest BCUT2D eigenvalue weighted by atomic mass is 10.0. The summed E-state index contributed by atoms with van der Waals surface area (Å²) in [6.07, 6.45) is 10.5. The normalized spacial score (nSPS) is 21.2. The molecule has 0 aliphatic carbocycles. The minimum absolute atomic E-state index is 0.192. The molecule has 0 aromatic heterocycles. The van der Waals surface area contributed by atoms with Crippen LogP contribution in [0.2, 0.25) is 0 Å². The van der Waals surface area contributed by atoms with Crippen molar-refractivity contribution in [3.05, 3.63) is 12.2 Å². The van der Waals surface area contributed by atoms with E-state index in [0.717, 1.165) is 25.9 Å². The summed E-state index contributed by atoms with van der Waals surface area (Å²) in [6, 6.07) is 0.565. The van der Waals surface area contributed by atoms with E-state index in [2.05, 4.69) is 16.7 Å². The van der Waals surface area contributed by atoms with Crippen molar-refractivity contribution in [2.45, 2.75) is 51.5 Å². The third-order valence-corrected chi connectivity index (χ3v) is 3.00. The zero-order chi connectivity index (χ0) is 11.6. The van der Waals surface area contributed by atoms with Crippen LogP contribution in [0.15, 0.2) is 12.2 Å². The molecule has 0 aromatic carbocycles. The SMILES string of the molecule is C/C=C/CCNC(=O)CCC1CCCCN1. The van der Waals surface area contributed by atoms with E-state index in [-0.39, 0.29) is 5.91 Å². The number of carbonyl (C=O) groups is 1. The molecule has 2 N–H and O–H groups in total. The molecule has 1 saturated heterocycles. The highest BCUT2D eigenvalue weighted by Gasteiger charge is 2.13. The minimum Gasteiger partial charge on any atom is -0.356 e. The van der Waals surface area contributed by atoms with Gasteiger partial charge in [0.15, 0.2) is 0 Å². The van der Waals surface area contributed by atoms with E-state index in [0.29, 0.717) is 12.5 Å². The van der Waals surface area contributed by atoms with Crippen molar-refractivity contribution in [2.75, 3.05) is 13.1 Å². The minimum atomic E-state index is 0.192. The van der Waals surface area contributed by atoms with Crippen LogP contribution in [0, 0.1) is 0 Å². The number of hydrogen-bond donors (Lipinski definition) is 2. The summed E-state index contributed by atoms with van der Waals surface area (Å²) in [5, 5.41) is 6.40. The second kappa shape index (κ2) is 8.34. The Hall–Kier alpha value is -0.830. The summed E-state index contributed by atoms with van der Waals surface area (Å²) in [5.74, 6) is 0.192. The average molecular weight is 224 g/mol. The van der Waals surface area contributed by atoms with Crippen LogP contribution >= 0.6 is 0 Å². The van der Waals surface area contributed by atoms with Gasteiger partial charge >= 0.3 is 0 Å². The summed E-state index contributed by atoms with van der Waals surface area (Å²) in [7, 11) is 0. The van der Waals surface area contributed by atoms with E-state index in [1.54, 1.807) is 0 Å². The predicted octanol–water partition coefficient (Wildman–Crippen LogP) is 1.99. The second-order valence-electron chi connectivity index (χ2n) is 4.39. The van der Waals surface area contributed by atoms with Gasteiger partial charge in [0.2, 0.25) is 5.91 Å². The van der Waals surface area contributed by atoms with Gasteiger partial charge in [-0.2, -0.15) is 0 Å². The van der Waals surface area contributed by atoms with Gasteiger partial charge in [0.1, 0.15) is 0 Å². The largest absolute Gasteiger partial charge is 0.356 e. The van der Waals surface area contributed by atoms with Gasteiger partial charge in [-0.05, 0) is 39.2 Å². The molecule has 0 radical (unpaired) electrons. The Morgan fingerprint density at radius 3 is 3.06 bits per heavy atom. The van der Waals surface area contributed by atoms with Crippen molar-refractivity contribution in [3.63, 3.8) is 0 Å². The first-order valence-electron chi connectivity index (χ1n) is 6.44. The molecule has 16 heavy (non-hydrogen) atoms. The number of allylic oxidation sites excluding steroid dienone is 1. The molecule has 3 heteroatoms. The zero-order valence-corrected chi connectivity index (χ0v) is 10.3. The van der Waals surface area contributed by atoms with Gasteiger partial charge in [-0.15, -0.1) is 0 Å². The molecule has 1 atom stereocenters. The highest BCUT2D eigenvalue weighted by molar-refractivity contribution is 5.75. The Morgan fingerprint density at radius 1 is 1.50 bits per heavy atom. The van der Waals surface area contributed by atoms with E-state index >= 15 is 0 Å². The third kappa shape index (κ3) is 5.91. The van der Waals surface area contributed by atoms with Crippen molar-refractivity contribution >= 4 is 5.91 Å². The maximum absolute atomic E-state index is 11.5. The van der Waals surface area contributed by atoms with Gasteiger partial charge in [-0.3, -0.25) is 4.79 Å². The van der Waals surface area contributed by atoms with Gasteiger partial charge in [0.05, 0.1) is 0 Å². The van der Waals surface area contributed by atoms with Crippen LogP contribution in [-0.2, 0) is 4.79 Å².